The second kappa shape index (κ2) is 114. The first kappa shape index (κ1) is 112. The van der Waals surface area contributed by atoms with Gasteiger partial charge in [-0.25, -0.2) is 0 Å². The molecule has 88 heavy (non-hydrogen) atoms. The Morgan fingerprint density at radius 3 is 0.591 bits per heavy atom. The van der Waals surface area contributed by atoms with E-state index in [0.29, 0.717) is 5.41 Å². The van der Waals surface area contributed by atoms with Crippen LogP contribution in [-0.2, 0) is 0 Å². The van der Waals surface area contributed by atoms with Crippen LogP contribution in [0.5, 0.6) is 0 Å². The average molecular weight is 1260 g/mol. The minimum Gasteiger partial charge on any atom is -0.0683 e. The van der Waals surface area contributed by atoms with Gasteiger partial charge in [0.15, 0.2) is 0 Å². The molecule has 0 N–H and O–H groups in total. The van der Waals surface area contributed by atoms with E-state index in [1.54, 1.807) is 0 Å². The molecule has 0 heteroatoms. The Labute approximate surface area is 573 Å². The van der Waals surface area contributed by atoms with Crippen LogP contribution in [0, 0.1) is 40.9 Å². The predicted octanol–water partition coefficient (Wildman–Crippen LogP) is 36.0. The highest BCUT2D eigenvalue weighted by Crippen LogP contribution is 2.38. The third kappa shape index (κ3) is 127. The molecule has 0 heterocycles. The van der Waals surface area contributed by atoms with E-state index >= 15 is 0 Å². The molecule has 0 radical (unpaired) electrons. The van der Waals surface area contributed by atoms with Crippen LogP contribution in [-0.4, -0.2) is 0 Å². The molecule has 1 aliphatic rings. The zero-order valence-corrected chi connectivity index (χ0v) is 70.0. The van der Waals surface area contributed by atoms with E-state index in [-0.39, 0.29) is 0 Å². The summed E-state index contributed by atoms with van der Waals surface area (Å²) in [6.45, 7) is 66.0. The van der Waals surface area contributed by atoms with Crippen molar-refractivity contribution < 1.29 is 0 Å². The van der Waals surface area contributed by atoms with Gasteiger partial charge in [-0.2, -0.15) is 0 Å². The van der Waals surface area contributed by atoms with Crippen molar-refractivity contribution in [3.63, 3.8) is 0 Å². The maximum absolute atomic E-state index is 2.61. The molecule has 7 unspecified atom stereocenters. The zero-order valence-electron chi connectivity index (χ0n) is 70.0. The highest BCUT2D eigenvalue weighted by molar-refractivity contribution is 4.76. The molecule has 1 saturated carbocycles. The first-order valence-electron chi connectivity index (χ1n) is 42.8. The fraction of sp³-hybridized carbons (Fsp3) is 1.00. The smallest absolute Gasteiger partial charge is 0.0326 e. The second-order valence-corrected chi connectivity index (χ2v) is 26.7. The average Bonchev–Trinajstić information content (AvgIpc) is 4.58. The number of hydrogen-bond acceptors (Lipinski definition) is 0. The highest BCUT2D eigenvalue weighted by Gasteiger charge is 2.24. The van der Waals surface area contributed by atoms with Crippen molar-refractivity contribution in [2.45, 2.75) is 535 Å². The quantitative estimate of drug-likeness (QED) is 0.0533. The summed E-state index contributed by atoms with van der Waals surface area (Å²) in [5.41, 5.74) is 0.613. The van der Waals surface area contributed by atoms with E-state index in [0.717, 1.165) is 35.5 Å². The van der Waals surface area contributed by atoms with Crippen LogP contribution in [0.25, 0.3) is 0 Å². The molecule has 1 fully saturated rings. The molecular weight excluding hydrogens is 1060 g/mol. The highest BCUT2D eigenvalue weighted by atomic mass is 14.3. The topological polar surface area (TPSA) is 0 Å². The summed E-state index contributed by atoms with van der Waals surface area (Å²) in [7, 11) is 0. The third-order valence-corrected chi connectivity index (χ3v) is 17.4. The molecule has 1 aliphatic carbocycles. The van der Waals surface area contributed by atoms with Crippen molar-refractivity contribution in [3.05, 3.63) is 0 Å². The van der Waals surface area contributed by atoms with Gasteiger partial charge in [0, 0.05) is 0 Å². The molecule has 0 saturated heterocycles. The van der Waals surface area contributed by atoms with Crippen LogP contribution in [0.4, 0.5) is 0 Å². The molecule has 0 aromatic rings. The normalized spacial score (nSPS) is 13.2. The monoisotopic (exact) mass is 1260 g/mol. The molecule has 7 atom stereocenters. The van der Waals surface area contributed by atoms with Crippen molar-refractivity contribution in [3.8, 4) is 0 Å². The summed E-state index contributed by atoms with van der Waals surface area (Å²) < 4.78 is 0. The lowest BCUT2D eigenvalue weighted by atomic mass is 9.74. The largest absolute Gasteiger partial charge is 0.0683 e. The maximum atomic E-state index is 2.61. The number of hydrogen-bond donors (Lipinski definition) is 0. The standard InChI is InChI=1S/C25H52.C21H44.C14H30.C11H24.C3H6.7C2H6/c1-7-10-12-13-15-20-25(6,22-19-23(4)9-3)21-16-14-18-24(5)17-11-8-2;1-5-7-9-10-13-17-21(4)19-15-11-14-18-20(3)16-12-8-6-2;1-4-6-8-9-11-13-14(3)12-10-7-5-2;1-4-6-8-10-11(3)9-7-5-2;1-2-3-1;7*1-2/h23-24H,7-22H2,1-6H3;20-21H,5-19H2,1-4H3;14H,4-13H2,1-3H3;11H,4-10H2,1-3H3;1-3H2;7*1-2H3. The Hall–Kier alpha value is 0. The summed E-state index contributed by atoms with van der Waals surface area (Å²) in [6, 6.07) is 0. The number of unbranched alkanes of at least 4 members (excludes halogenated alkanes) is 23. The summed E-state index contributed by atoms with van der Waals surface area (Å²) in [5.74, 6) is 5.74. The van der Waals surface area contributed by atoms with Gasteiger partial charge in [-0.05, 0) is 60.2 Å². The lowest BCUT2D eigenvalue weighted by Crippen LogP contribution is -2.18. The van der Waals surface area contributed by atoms with Crippen LogP contribution < -0.4 is 0 Å². The van der Waals surface area contributed by atoms with Crippen molar-refractivity contribution >= 4 is 0 Å². The van der Waals surface area contributed by atoms with Crippen LogP contribution in [0.1, 0.15) is 535 Å². The SMILES string of the molecule is C1CC1.CC.CC.CC.CC.CC.CC.CC.CCCCCC(C)CCCC.CCCCCCCC(C)(CCCCC(C)CCCC)CCC(C)CC.CCCCCCCC(C)CCCCC.CCCCCCCC(C)CCCCCC(C)CCCCC. The van der Waals surface area contributed by atoms with Crippen LogP contribution in [0.2, 0.25) is 0 Å². The molecule has 0 aromatic carbocycles. The maximum Gasteiger partial charge on any atom is -0.0326 e. The fourth-order valence-electron chi connectivity index (χ4n) is 10.8. The molecule has 0 bridgehead atoms. The van der Waals surface area contributed by atoms with E-state index in [4.69, 9.17) is 0 Å². The van der Waals surface area contributed by atoms with Gasteiger partial charge in [0.1, 0.15) is 0 Å². The molecular formula is C88H198. The van der Waals surface area contributed by atoms with Gasteiger partial charge in [0.2, 0.25) is 0 Å². The van der Waals surface area contributed by atoms with Crippen molar-refractivity contribution in [1.82, 2.24) is 0 Å². The Morgan fingerprint density at radius 1 is 0.193 bits per heavy atom. The Morgan fingerprint density at radius 2 is 0.364 bits per heavy atom. The summed E-state index contributed by atoms with van der Waals surface area (Å²) in [5, 5.41) is 0. The van der Waals surface area contributed by atoms with E-state index in [1.807, 2.05) is 96.9 Å². The second-order valence-electron chi connectivity index (χ2n) is 26.7. The van der Waals surface area contributed by atoms with Crippen molar-refractivity contribution in [2.24, 2.45) is 40.9 Å². The predicted molar refractivity (Wildman–Crippen MR) is 429 cm³/mol. The Bertz CT molecular complexity index is 930. The van der Waals surface area contributed by atoms with Gasteiger partial charge in [0.05, 0.1) is 0 Å². The summed E-state index contributed by atoms with van der Waals surface area (Å²) in [4.78, 5) is 0. The molecule has 0 aliphatic heterocycles. The third-order valence-electron chi connectivity index (χ3n) is 17.4. The minimum absolute atomic E-state index is 0.613. The first-order valence-corrected chi connectivity index (χ1v) is 42.8. The molecule has 0 nitrogen and oxygen atoms in total. The minimum atomic E-state index is 0.613. The number of rotatable bonds is 51. The summed E-state index contributed by atoms with van der Waals surface area (Å²) in [6.07, 6.45) is 73.4. The van der Waals surface area contributed by atoms with E-state index < -0.39 is 0 Å². The Kier molecular flexibility index (Phi) is 146. The van der Waals surface area contributed by atoms with Gasteiger partial charge >= 0.3 is 0 Å². The Balaban J connectivity index is -0.0000000943. The molecule has 1 rings (SSSR count). The summed E-state index contributed by atoms with van der Waals surface area (Å²) >= 11 is 0. The lowest BCUT2D eigenvalue weighted by molar-refractivity contribution is 0.210. The van der Waals surface area contributed by atoms with Crippen molar-refractivity contribution in [1.29, 1.82) is 0 Å². The van der Waals surface area contributed by atoms with Crippen LogP contribution in [0.15, 0.2) is 0 Å². The molecule has 0 amide bonds. The molecule has 0 aromatic heterocycles. The first-order chi connectivity index (χ1) is 42.8. The zero-order chi connectivity index (χ0) is 70.0. The van der Waals surface area contributed by atoms with Gasteiger partial charge in [0.25, 0.3) is 0 Å². The molecule has 0 spiro atoms. The van der Waals surface area contributed by atoms with Crippen molar-refractivity contribution in [2.75, 3.05) is 0 Å². The van der Waals surface area contributed by atoms with Gasteiger partial charge < -0.3 is 0 Å². The fourth-order valence-corrected chi connectivity index (χ4v) is 10.8. The van der Waals surface area contributed by atoms with Crippen LogP contribution >= 0.6 is 0 Å². The van der Waals surface area contributed by atoms with Gasteiger partial charge in [-0.1, -0.05) is 516 Å². The van der Waals surface area contributed by atoms with E-state index in [1.165, 1.54) is 327 Å². The van der Waals surface area contributed by atoms with Crippen LogP contribution in [0.3, 0.4) is 0 Å². The van der Waals surface area contributed by atoms with Gasteiger partial charge in [-0.15, -0.1) is 0 Å². The van der Waals surface area contributed by atoms with Gasteiger partial charge in [-0.3, -0.25) is 0 Å². The van der Waals surface area contributed by atoms with E-state index in [2.05, 4.69) is 111 Å². The van der Waals surface area contributed by atoms with E-state index in [9.17, 15) is 0 Å². The molecule has 550 valence electrons. The lowest BCUT2D eigenvalue weighted by Gasteiger charge is -2.31.